The molecule has 1 aromatic rings. The number of benzene rings is 1. The molecule has 0 unspecified atom stereocenters. The number of piperidine rings is 1. The minimum atomic E-state index is -2.27. The highest BCUT2D eigenvalue weighted by Gasteiger charge is 2.29. The zero-order valence-corrected chi connectivity index (χ0v) is 18.8. The van der Waals surface area contributed by atoms with Crippen molar-refractivity contribution >= 4 is 35.1 Å². The van der Waals surface area contributed by atoms with Crippen molar-refractivity contribution in [3.63, 3.8) is 0 Å². The molecule has 0 spiro atoms. The summed E-state index contributed by atoms with van der Waals surface area (Å²) in [5.74, 6) is -3.54. The minimum Gasteiger partial charge on any atom is -0.479 e. The van der Waals surface area contributed by atoms with Crippen LogP contribution in [0.4, 0.5) is 0 Å². The van der Waals surface area contributed by atoms with Gasteiger partial charge in [0.15, 0.2) is 12.2 Å². The van der Waals surface area contributed by atoms with Crippen LogP contribution in [0.25, 0.3) is 0 Å². The van der Waals surface area contributed by atoms with Gasteiger partial charge in [0, 0.05) is 42.9 Å². The number of hydrogen-bond donors (Lipinski definition) is 5. The van der Waals surface area contributed by atoms with Crippen molar-refractivity contribution in [3.05, 3.63) is 33.8 Å². The van der Waals surface area contributed by atoms with E-state index in [2.05, 4.69) is 10.2 Å². The number of aliphatic hydroxyl groups excluding tert-OH is 2. The maximum absolute atomic E-state index is 9.77. The van der Waals surface area contributed by atoms with Gasteiger partial charge in [-0.25, -0.2) is 9.59 Å². The molecule has 1 aliphatic heterocycles. The highest BCUT2D eigenvalue weighted by atomic mass is 35.5. The first-order valence-corrected chi connectivity index (χ1v) is 10.6. The number of aliphatic carboxylic acids is 2. The lowest BCUT2D eigenvalue weighted by Gasteiger charge is -2.35. The Balaban J connectivity index is 0.000000407. The Morgan fingerprint density at radius 3 is 2.23 bits per heavy atom. The van der Waals surface area contributed by atoms with E-state index in [4.69, 9.17) is 48.4 Å². The maximum atomic E-state index is 9.77. The molecule has 5 N–H and O–H groups in total. The second-order valence-electron chi connectivity index (χ2n) is 7.10. The fourth-order valence-corrected chi connectivity index (χ4v) is 3.58. The Morgan fingerprint density at radius 1 is 1.16 bits per heavy atom. The van der Waals surface area contributed by atoms with Gasteiger partial charge in [-0.3, -0.25) is 4.90 Å². The summed E-state index contributed by atoms with van der Waals surface area (Å²) in [5.41, 5.74) is 1.15. The van der Waals surface area contributed by atoms with Crippen LogP contribution in [0.1, 0.15) is 24.8 Å². The first-order valence-electron chi connectivity index (χ1n) is 9.86. The lowest BCUT2D eigenvalue weighted by Crippen LogP contribution is -2.43. The molecule has 2 atom stereocenters. The molecule has 1 saturated heterocycles. The van der Waals surface area contributed by atoms with E-state index in [1.54, 1.807) is 7.11 Å². The lowest BCUT2D eigenvalue weighted by molar-refractivity contribution is -0.165. The van der Waals surface area contributed by atoms with Gasteiger partial charge in [0.05, 0.1) is 0 Å². The number of carbonyl (C=O) groups is 2. The van der Waals surface area contributed by atoms with E-state index in [0.29, 0.717) is 11.1 Å². The van der Waals surface area contributed by atoms with Crippen LogP contribution in [-0.2, 0) is 20.9 Å². The lowest BCUT2D eigenvalue weighted by atomic mass is 10.0. The fourth-order valence-electron chi connectivity index (χ4n) is 3.11. The molecule has 1 aromatic carbocycles. The van der Waals surface area contributed by atoms with E-state index in [0.717, 1.165) is 49.8 Å². The highest BCUT2D eigenvalue weighted by Crippen LogP contribution is 2.24. The molecule has 0 amide bonds. The SMILES string of the molecule is COCCCN(Cc1ccc(Cl)cc1Cl)C1CCNCC1.O=C(O)[C@H](O)[C@@H](O)C(=O)O. The van der Waals surface area contributed by atoms with Crippen molar-refractivity contribution in [2.24, 2.45) is 0 Å². The predicted molar refractivity (Wildman–Crippen MR) is 117 cm³/mol. The zero-order chi connectivity index (χ0) is 23.4. The average Bonchev–Trinajstić information content (AvgIpc) is 2.74. The summed E-state index contributed by atoms with van der Waals surface area (Å²) >= 11 is 12.3. The third-order valence-electron chi connectivity index (χ3n) is 4.81. The summed E-state index contributed by atoms with van der Waals surface area (Å²) < 4.78 is 5.19. The summed E-state index contributed by atoms with van der Waals surface area (Å²) in [6, 6.07) is 6.40. The first kappa shape index (κ1) is 27.6. The van der Waals surface area contributed by atoms with Crippen LogP contribution < -0.4 is 5.32 Å². The topological polar surface area (TPSA) is 140 Å². The van der Waals surface area contributed by atoms with Gasteiger partial charge in [-0.1, -0.05) is 29.3 Å². The molecule has 0 radical (unpaired) electrons. The molecule has 1 fully saturated rings. The van der Waals surface area contributed by atoms with Gasteiger partial charge in [-0.2, -0.15) is 0 Å². The standard InChI is InChI=1S/C16H24Cl2N2O.C4H6O6/c1-21-10-2-9-20(15-5-7-19-8-6-15)12-13-3-4-14(17)11-16(13)18;5-1(3(7)8)2(6)4(9)10/h3-4,11,15,19H,2,5-10,12H2,1H3;1-2,5-6H,(H,7,8)(H,9,10)/t;1-,2-/m.1/s1. The van der Waals surface area contributed by atoms with Gasteiger partial charge in [0.2, 0.25) is 0 Å². The van der Waals surface area contributed by atoms with Crippen molar-refractivity contribution in [2.75, 3.05) is 33.4 Å². The molecule has 1 heterocycles. The van der Waals surface area contributed by atoms with E-state index in [9.17, 15) is 9.59 Å². The number of carboxylic acids is 2. The molecule has 176 valence electrons. The second kappa shape index (κ2) is 14.6. The normalized spacial score (nSPS) is 16.3. The summed E-state index contributed by atoms with van der Waals surface area (Å²) in [7, 11) is 1.75. The summed E-state index contributed by atoms with van der Waals surface area (Å²) in [5, 5.41) is 37.4. The van der Waals surface area contributed by atoms with Crippen LogP contribution in [0.5, 0.6) is 0 Å². The van der Waals surface area contributed by atoms with E-state index < -0.39 is 24.1 Å². The van der Waals surface area contributed by atoms with Crippen molar-refractivity contribution in [3.8, 4) is 0 Å². The predicted octanol–water partition coefficient (Wildman–Crippen LogP) is 1.46. The Labute approximate surface area is 191 Å². The van der Waals surface area contributed by atoms with Crippen LogP contribution in [0, 0.1) is 0 Å². The Morgan fingerprint density at radius 2 is 1.74 bits per heavy atom. The molecular weight excluding hydrogens is 451 g/mol. The zero-order valence-electron chi connectivity index (χ0n) is 17.3. The largest absolute Gasteiger partial charge is 0.479 e. The molecule has 2 rings (SSSR count). The molecule has 11 heteroatoms. The number of rotatable bonds is 10. The molecule has 0 bridgehead atoms. The Hall–Kier alpha value is -1.46. The van der Waals surface area contributed by atoms with Crippen LogP contribution in [0.3, 0.4) is 0 Å². The Bertz CT molecular complexity index is 684. The van der Waals surface area contributed by atoms with Crippen molar-refractivity contribution in [1.82, 2.24) is 10.2 Å². The molecule has 31 heavy (non-hydrogen) atoms. The number of hydrogen-bond acceptors (Lipinski definition) is 7. The summed E-state index contributed by atoms with van der Waals surface area (Å²) in [6.45, 7) is 4.91. The molecule has 0 aliphatic carbocycles. The summed E-state index contributed by atoms with van der Waals surface area (Å²) in [6.07, 6.45) is -1.10. The molecule has 9 nitrogen and oxygen atoms in total. The quantitative estimate of drug-likeness (QED) is 0.314. The van der Waals surface area contributed by atoms with Gasteiger partial charge in [0.1, 0.15) is 0 Å². The average molecular weight is 481 g/mol. The number of ether oxygens (including phenoxy) is 1. The third-order valence-corrected chi connectivity index (χ3v) is 5.40. The van der Waals surface area contributed by atoms with Crippen LogP contribution in [0.2, 0.25) is 10.0 Å². The van der Waals surface area contributed by atoms with E-state index in [-0.39, 0.29) is 0 Å². The van der Waals surface area contributed by atoms with Crippen LogP contribution >= 0.6 is 23.2 Å². The first-order chi connectivity index (χ1) is 14.7. The molecule has 1 aliphatic rings. The maximum Gasteiger partial charge on any atom is 0.335 e. The number of methoxy groups -OCH3 is 1. The van der Waals surface area contributed by atoms with E-state index in [1.807, 2.05) is 18.2 Å². The number of carboxylic acid groups (broad SMARTS) is 2. The Kier molecular flexibility index (Phi) is 13.0. The highest BCUT2D eigenvalue weighted by molar-refractivity contribution is 6.35. The van der Waals surface area contributed by atoms with Crippen molar-refractivity contribution in [2.45, 2.75) is 44.1 Å². The number of aliphatic hydroxyl groups is 2. The summed E-state index contributed by atoms with van der Waals surface area (Å²) in [4.78, 5) is 22.1. The van der Waals surface area contributed by atoms with Gasteiger partial charge in [-0.05, 0) is 50.0 Å². The molecule has 0 aromatic heterocycles. The van der Waals surface area contributed by atoms with Crippen LogP contribution in [0.15, 0.2) is 18.2 Å². The van der Waals surface area contributed by atoms with Gasteiger partial charge in [0.25, 0.3) is 0 Å². The van der Waals surface area contributed by atoms with Crippen molar-refractivity contribution < 1.29 is 34.8 Å². The molecular formula is C20H30Cl2N2O7. The van der Waals surface area contributed by atoms with E-state index >= 15 is 0 Å². The van der Waals surface area contributed by atoms with Gasteiger partial charge >= 0.3 is 11.9 Å². The number of halogens is 2. The second-order valence-corrected chi connectivity index (χ2v) is 7.94. The monoisotopic (exact) mass is 480 g/mol. The smallest absolute Gasteiger partial charge is 0.335 e. The molecule has 0 saturated carbocycles. The third kappa shape index (κ3) is 10.1. The number of nitrogens with zero attached hydrogens (tertiary/aromatic N) is 1. The fraction of sp³-hybridized carbons (Fsp3) is 0.600. The van der Waals surface area contributed by atoms with Gasteiger partial charge in [-0.15, -0.1) is 0 Å². The van der Waals surface area contributed by atoms with Crippen molar-refractivity contribution in [1.29, 1.82) is 0 Å². The van der Waals surface area contributed by atoms with E-state index in [1.165, 1.54) is 12.8 Å². The van der Waals surface area contributed by atoms with Crippen LogP contribution in [-0.4, -0.2) is 88.9 Å². The van der Waals surface area contributed by atoms with Gasteiger partial charge < -0.3 is 30.5 Å². The minimum absolute atomic E-state index is 0.620. The number of nitrogens with one attached hydrogen (secondary N) is 1.